The van der Waals surface area contributed by atoms with Gasteiger partial charge in [0.25, 0.3) is 0 Å². The highest BCUT2D eigenvalue weighted by Crippen LogP contribution is 2.12. The molecule has 2 atom stereocenters. The standard InChI is InChI=1S/C14H29N3O/c1-4-5-9-16-14(18)12(2)17(3)11-13-7-6-8-15-10-13/h12-13,15H,4-11H2,1-3H3,(H,16,18). The summed E-state index contributed by atoms with van der Waals surface area (Å²) in [6.45, 7) is 8.19. The van der Waals surface area contributed by atoms with Crippen LogP contribution in [0.4, 0.5) is 0 Å². The molecule has 18 heavy (non-hydrogen) atoms. The molecule has 106 valence electrons. The first-order chi connectivity index (χ1) is 8.65. The van der Waals surface area contributed by atoms with E-state index in [1.807, 2.05) is 6.92 Å². The van der Waals surface area contributed by atoms with Gasteiger partial charge in [-0.25, -0.2) is 0 Å². The number of rotatable bonds is 7. The van der Waals surface area contributed by atoms with Crippen molar-refractivity contribution in [2.45, 2.75) is 45.6 Å². The summed E-state index contributed by atoms with van der Waals surface area (Å²) in [5.74, 6) is 0.851. The van der Waals surface area contributed by atoms with Gasteiger partial charge in [0.05, 0.1) is 6.04 Å². The van der Waals surface area contributed by atoms with Crippen molar-refractivity contribution >= 4 is 5.91 Å². The Morgan fingerprint density at radius 3 is 2.94 bits per heavy atom. The summed E-state index contributed by atoms with van der Waals surface area (Å²) in [6, 6.07) is -0.0243. The summed E-state index contributed by atoms with van der Waals surface area (Å²) >= 11 is 0. The van der Waals surface area contributed by atoms with E-state index in [1.54, 1.807) is 0 Å². The molecule has 0 aromatic carbocycles. The van der Waals surface area contributed by atoms with Gasteiger partial charge in [-0.1, -0.05) is 13.3 Å². The molecule has 1 aliphatic heterocycles. The van der Waals surface area contributed by atoms with Crippen LogP contribution >= 0.6 is 0 Å². The summed E-state index contributed by atoms with van der Waals surface area (Å²) in [7, 11) is 2.05. The maximum Gasteiger partial charge on any atom is 0.237 e. The molecule has 0 spiro atoms. The Balaban J connectivity index is 2.25. The van der Waals surface area contributed by atoms with Crippen LogP contribution in [-0.2, 0) is 4.79 Å². The zero-order valence-electron chi connectivity index (χ0n) is 12.2. The van der Waals surface area contributed by atoms with E-state index < -0.39 is 0 Å². The van der Waals surface area contributed by atoms with Crippen molar-refractivity contribution in [1.29, 1.82) is 0 Å². The minimum absolute atomic E-state index is 0.0243. The predicted octanol–water partition coefficient (Wildman–Crippen LogP) is 1.22. The van der Waals surface area contributed by atoms with Gasteiger partial charge in [0.15, 0.2) is 0 Å². The number of nitrogens with zero attached hydrogens (tertiary/aromatic N) is 1. The average molecular weight is 255 g/mol. The third-order valence-electron chi connectivity index (χ3n) is 3.82. The molecule has 1 rings (SSSR count). The lowest BCUT2D eigenvalue weighted by Gasteiger charge is -2.30. The normalized spacial score (nSPS) is 21.9. The van der Waals surface area contributed by atoms with Crippen LogP contribution in [0.3, 0.4) is 0 Å². The van der Waals surface area contributed by atoms with Gasteiger partial charge in [-0.2, -0.15) is 0 Å². The first kappa shape index (κ1) is 15.4. The van der Waals surface area contributed by atoms with Crippen LogP contribution in [-0.4, -0.2) is 50.1 Å². The Kier molecular flexibility index (Phi) is 7.28. The maximum atomic E-state index is 11.9. The van der Waals surface area contributed by atoms with E-state index in [0.29, 0.717) is 5.92 Å². The Bertz CT molecular complexity index is 239. The van der Waals surface area contributed by atoms with Crippen LogP contribution in [0.1, 0.15) is 39.5 Å². The molecule has 0 aliphatic carbocycles. The van der Waals surface area contributed by atoms with Crippen molar-refractivity contribution < 1.29 is 4.79 Å². The quantitative estimate of drug-likeness (QED) is 0.672. The lowest BCUT2D eigenvalue weighted by Crippen LogP contribution is -2.47. The zero-order valence-corrected chi connectivity index (χ0v) is 12.2. The van der Waals surface area contributed by atoms with Crippen LogP contribution in [0.5, 0.6) is 0 Å². The van der Waals surface area contributed by atoms with Gasteiger partial charge in [-0.05, 0) is 52.2 Å². The minimum atomic E-state index is -0.0243. The molecule has 0 aromatic heterocycles. The van der Waals surface area contributed by atoms with Crippen LogP contribution in [0, 0.1) is 5.92 Å². The Labute approximate surface area is 111 Å². The second-order valence-electron chi connectivity index (χ2n) is 5.47. The van der Waals surface area contributed by atoms with E-state index in [2.05, 4.69) is 29.5 Å². The van der Waals surface area contributed by atoms with E-state index in [4.69, 9.17) is 0 Å². The molecule has 4 nitrogen and oxygen atoms in total. The Morgan fingerprint density at radius 2 is 2.33 bits per heavy atom. The fraction of sp³-hybridized carbons (Fsp3) is 0.929. The van der Waals surface area contributed by atoms with Crippen molar-refractivity contribution in [3.8, 4) is 0 Å². The number of hydrogen-bond donors (Lipinski definition) is 2. The van der Waals surface area contributed by atoms with E-state index in [9.17, 15) is 4.79 Å². The van der Waals surface area contributed by atoms with E-state index >= 15 is 0 Å². The number of amides is 1. The number of likely N-dealkylation sites (N-methyl/N-ethyl adjacent to an activating group) is 1. The van der Waals surface area contributed by atoms with Crippen molar-refractivity contribution in [3.05, 3.63) is 0 Å². The molecule has 2 N–H and O–H groups in total. The highest BCUT2D eigenvalue weighted by molar-refractivity contribution is 5.81. The van der Waals surface area contributed by atoms with E-state index in [0.717, 1.165) is 39.0 Å². The van der Waals surface area contributed by atoms with Crippen molar-refractivity contribution in [1.82, 2.24) is 15.5 Å². The fourth-order valence-corrected chi connectivity index (χ4v) is 2.38. The monoisotopic (exact) mass is 255 g/mol. The van der Waals surface area contributed by atoms with Crippen LogP contribution in [0.15, 0.2) is 0 Å². The molecule has 1 saturated heterocycles. The number of hydrogen-bond acceptors (Lipinski definition) is 3. The highest BCUT2D eigenvalue weighted by Gasteiger charge is 2.21. The predicted molar refractivity (Wildman–Crippen MR) is 75.6 cm³/mol. The third kappa shape index (κ3) is 5.36. The molecule has 1 fully saturated rings. The molecule has 2 unspecified atom stereocenters. The average Bonchev–Trinajstić information content (AvgIpc) is 2.39. The van der Waals surface area contributed by atoms with Crippen molar-refractivity contribution in [2.75, 3.05) is 33.2 Å². The molecule has 0 saturated carbocycles. The number of unbranched alkanes of at least 4 members (excludes halogenated alkanes) is 1. The summed E-state index contributed by atoms with van der Waals surface area (Å²) in [4.78, 5) is 14.1. The maximum absolute atomic E-state index is 11.9. The minimum Gasteiger partial charge on any atom is -0.355 e. The van der Waals surface area contributed by atoms with Gasteiger partial charge in [0.1, 0.15) is 0 Å². The van der Waals surface area contributed by atoms with Gasteiger partial charge in [0, 0.05) is 13.1 Å². The van der Waals surface area contributed by atoms with Crippen molar-refractivity contribution in [2.24, 2.45) is 5.92 Å². The SMILES string of the molecule is CCCCNC(=O)C(C)N(C)CC1CCCNC1. The van der Waals surface area contributed by atoms with Gasteiger partial charge in [0.2, 0.25) is 5.91 Å². The first-order valence-electron chi connectivity index (χ1n) is 7.33. The summed E-state index contributed by atoms with van der Waals surface area (Å²) in [5.41, 5.74) is 0. The molecular formula is C14H29N3O. The number of carbonyl (C=O) groups is 1. The molecule has 0 radical (unpaired) electrons. The van der Waals surface area contributed by atoms with Crippen LogP contribution < -0.4 is 10.6 Å². The first-order valence-corrected chi connectivity index (χ1v) is 7.33. The van der Waals surface area contributed by atoms with Crippen LogP contribution in [0.25, 0.3) is 0 Å². The summed E-state index contributed by atoms with van der Waals surface area (Å²) in [5, 5.41) is 6.43. The number of piperidine rings is 1. The van der Waals surface area contributed by atoms with E-state index in [1.165, 1.54) is 12.8 Å². The van der Waals surface area contributed by atoms with Gasteiger partial charge >= 0.3 is 0 Å². The smallest absolute Gasteiger partial charge is 0.237 e. The lowest BCUT2D eigenvalue weighted by atomic mass is 9.99. The largest absolute Gasteiger partial charge is 0.355 e. The topological polar surface area (TPSA) is 44.4 Å². The summed E-state index contributed by atoms with van der Waals surface area (Å²) < 4.78 is 0. The molecule has 1 amide bonds. The zero-order chi connectivity index (χ0) is 13.4. The molecule has 0 aromatic rings. The molecule has 0 bridgehead atoms. The van der Waals surface area contributed by atoms with Gasteiger partial charge in [-0.15, -0.1) is 0 Å². The van der Waals surface area contributed by atoms with E-state index in [-0.39, 0.29) is 11.9 Å². The molecular weight excluding hydrogens is 226 g/mol. The highest BCUT2D eigenvalue weighted by atomic mass is 16.2. The second kappa shape index (κ2) is 8.48. The molecule has 4 heteroatoms. The third-order valence-corrected chi connectivity index (χ3v) is 3.82. The summed E-state index contributed by atoms with van der Waals surface area (Å²) in [6.07, 6.45) is 4.73. The number of carbonyl (C=O) groups excluding carboxylic acids is 1. The second-order valence-corrected chi connectivity index (χ2v) is 5.47. The Morgan fingerprint density at radius 1 is 1.56 bits per heavy atom. The lowest BCUT2D eigenvalue weighted by molar-refractivity contribution is -0.125. The molecule has 1 aliphatic rings. The van der Waals surface area contributed by atoms with Gasteiger partial charge in [-0.3, -0.25) is 9.69 Å². The molecule has 1 heterocycles. The van der Waals surface area contributed by atoms with Gasteiger partial charge < -0.3 is 10.6 Å². The van der Waals surface area contributed by atoms with Crippen LogP contribution in [0.2, 0.25) is 0 Å². The number of nitrogens with one attached hydrogen (secondary N) is 2. The fourth-order valence-electron chi connectivity index (χ4n) is 2.38. The Hall–Kier alpha value is -0.610. The van der Waals surface area contributed by atoms with Crippen molar-refractivity contribution in [3.63, 3.8) is 0 Å².